The molecule has 2 aromatic rings. The maximum atomic E-state index is 8.38. The molecular weight excluding hydrogens is 236 g/mol. The van der Waals surface area contributed by atoms with Crippen LogP contribution in [0.5, 0.6) is 0 Å². The van der Waals surface area contributed by atoms with E-state index in [4.69, 9.17) is 5.41 Å². The van der Waals surface area contributed by atoms with E-state index in [-0.39, 0.29) is 0 Å². The van der Waals surface area contributed by atoms with Crippen molar-refractivity contribution in [1.82, 2.24) is 14.4 Å². The van der Waals surface area contributed by atoms with E-state index in [1.54, 1.807) is 4.40 Å². The first kappa shape index (κ1) is 10.2. The number of fused-ring (bicyclic) bond motifs is 4. The zero-order chi connectivity index (χ0) is 12.8. The molecule has 2 aromatic heterocycles. The molecule has 0 aromatic carbocycles. The molecule has 90 valence electrons. The van der Waals surface area contributed by atoms with Crippen molar-refractivity contribution in [2.75, 3.05) is 0 Å². The van der Waals surface area contributed by atoms with Crippen molar-refractivity contribution in [3.63, 3.8) is 0 Å². The Kier molecular flexibility index (Phi) is 1.94. The van der Waals surface area contributed by atoms with Crippen LogP contribution in [0.1, 0.15) is 0 Å². The SMILES string of the molecule is N=c1c2c3cccccc-3nc2nc2ccccn12. The molecule has 1 N–H and O–H groups in total. The topological polar surface area (TPSA) is 54.0 Å². The van der Waals surface area contributed by atoms with Crippen molar-refractivity contribution in [3.8, 4) is 11.3 Å². The summed E-state index contributed by atoms with van der Waals surface area (Å²) < 4.78 is 1.77. The predicted molar refractivity (Wildman–Crippen MR) is 73.0 cm³/mol. The van der Waals surface area contributed by atoms with Crippen molar-refractivity contribution in [3.05, 3.63) is 60.2 Å². The molecule has 0 atom stereocenters. The fourth-order valence-corrected chi connectivity index (χ4v) is 2.39. The van der Waals surface area contributed by atoms with Gasteiger partial charge in [-0.25, -0.2) is 9.97 Å². The van der Waals surface area contributed by atoms with Crippen LogP contribution in [0.15, 0.2) is 54.7 Å². The average molecular weight is 246 g/mol. The minimum Gasteiger partial charge on any atom is -0.286 e. The van der Waals surface area contributed by atoms with Gasteiger partial charge in [0.1, 0.15) is 11.1 Å². The highest BCUT2D eigenvalue weighted by atomic mass is 15.0. The van der Waals surface area contributed by atoms with Crippen molar-refractivity contribution in [1.29, 1.82) is 5.41 Å². The van der Waals surface area contributed by atoms with Crippen LogP contribution in [-0.2, 0) is 0 Å². The van der Waals surface area contributed by atoms with Crippen LogP contribution in [-0.4, -0.2) is 14.4 Å². The van der Waals surface area contributed by atoms with Gasteiger partial charge in [-0.1, -0.05) is 30.3 Å². The lowest BCUT2D eigenvalue weighted by atomic mass is 10.2. The van der Waals surface area contributed by atoms with E-state index >= 15 is 0 Å². The van der Waals surface area contributed by atoms with E-state index in [0.717, 1.165) is 22.3 Å². The maximum absolute atomic E-state index is 8.38. The lowest BCUT2D eigenvalue weighted by molar-refractivity contribution is 1.00. The van der Waals surface area contributed by atoms with E-state index in [1.807, 2.05) is 54.7 Å². The fraction of sp³-hybridized carbons (Fsp3) is 0. The third-order valence-corrected chi connectivity index (χ3v) is 3.27. The highest BCUT2D eigenvalue weighted by molar-refractivity contribution is 5.94. The largest absolute Gasteiger partial charge is 0.286 e. The molecule has 0 amide bonds. The second-order valence-corrected chi connectivity index (χ2v) is 4.41. The second-order valence-electron chi connectivity index (χ2n) is 4.41. The molecule has 1 aliphatic heterocycles. The van der Waals surface area contributed by atoms with Crippen molar-refractivity contribution in [2.24, 2.45) is 0 Å². The Hall–Kier alpha value is -2.75. The Balaban J connectivity index is 2.31. The zero-order valence-corrected chi connectivity index (χ0v) is 10.0. The van der Waals surface area contributed by atoms with Crippen molar-refractivity contribution in [2.45, 2.75) is 0 Å². The van der Waals surface area contributed by atoms with Crippen LogP contribution in [0.3, 0.4) is 0 Å². The van der Waals surface area contributed by atoms with Crippen LogP contribution in [0, 0.1) is 5.41 Å². The van der Waals surface area contributed by atoms with Gasteiger partial charge in [0.05, 0.1) is 11.1 Å². The number of rotatable bonds is 0. The normalized spacial score (nSPS) is 11.4. The zero-order valence-electron chi connectivity index (χ0n) is 10.0. The standard InChI is InChI=1S/C15H10N4/c16-14-13-10-6-2-1-3-7-11(10)17-15(13)18-12-8-4-5-9-19(12)14/h1-9,16H. The maximum Gasteiger partial charge on any atom is 0.166 e. The molecule has 4 nitrogen and oxygen atoms in total. The number of hydrogen-bond acceptors (Lipinski definition) is 3. The van der Waals surface area contributed by atoms with Gasteiger partial charge < -0.3 is 0 Å². The summed E-state index contributed by atoms with van der Waals surface area (Å²) in [5.74, 6) is 0. The van der Waals surface area contributed by atoms with E-state index in [1.165, 1.54) is 0 Å². The molecule has 4 heteroatoms. The highest BCUT2D eigenvalue weighted by Gasteiger charge is 2.14. The molecular formula is C15H10N4. The summed E-state index contributed by atoms with van der Waals surface area (Å²) >= 11 is 0. The van der Waals surface area contributed by atoms with Crippen LogP contribution in [0.2, 0.25) is 0 Å². The molecule has 2 aliphatic rings. The molecule has 0 spiro atoms. The minimum atomic E-state index is 0.425. The Morgan fingerprint density at radius 3 is 2.68 bits per heavy atom. The first-order valence-corrected chi connectivity index (χ1v) is 6.05. The number of pyridine rings is 1. The van der Waals surface area contributed by atoms with Gasteiger partial charge in [0.25, 0.3) is 0 Å². The number of aromatic nitrogens is 3. The lowest BCUT2D eigenvalue weighted by Crippen LogP contribution is -2.14. The third kappa shape index (κ3) is 1.37. The smallest absolute Gasteiger partial charge is 0.166 e. The summed E-state index contributed by atoms with van der Waals surface area (Å²) in [5.41, 5.74) is 3.64. The molecule has 0 saturated heterocycles. The number of nitrogens with one attached hydrogen (secondary N) is 1. The van der Waals surface area contributed by atoms with Gasteiger partial charge in [-0.3, -0.25) is 9.81 Å². The second kappa shape index (κ2) is 3.62. The van der Waals surface area contributed by atoms with Gasteiger partial charge in [0.15, 0.2) is 5.65 Å². The summed E-state index contributed by atoms with van der Waals surface area (Å²) in [6.07, 6.45) is 1.85. The Bertz CT molecular complexity index is 939. The first-order valence-electron chi connectivity index (χ1n) is 6.05. The van der Waals surface area contributed by atoms with Gasteiger partial charge in [-0.05, 0) is 18.2 Å². The molecule has 19 heavy (non-hydrogen) atoms. The molecule has 0 radical (unpaired) electrons. The van der Waals surface area contributed by atoms with Gasteiger partial charge in [-0.15, -0.1) is 0 Å². The van der Waals surface area contributed by atoms with E-state index in [2.05, 4.69) is 9.97 Å². The molecule has 3 heterocycles. The highest BCUT2D eigenvalue weighted by Crippen LogP contribution is 2.26. The van der Waals surface area contributed by atoms with Crippen LogP contribution >= 0.6 is 0 Å². The minimum absolute atomic E-state index is 0.425. The quantitative estimate of drug-likeness (QED) is 0.518. The number of hydrogen-bond donors (Lipinski definition) is 1. The van der Waals surface area contributed by atoms with Crippen LogP contribution < -0.4 is 5.49 Å². The van der Waals surface area contributed by atoms with Gasteiger partial charge >= 0.3 is 0 Å². The average Bonchev–Trinajstić information content (AvgIpc) is 2.62. The molecule has 0 unspecified atom stereocenters. The van der Waals surface area contributed by atoms with Gasteiger partial charge in [0.2, 0.25) is 0 Å². The Morgan fingerprint density at radius 2 is 1.74 bits per heavy atom. The lowest BCUT2D eigenvalue weighted by Gasteiger charge is -2.00. The van der Waals surface area contributed by atoms with E-state index < -0.39 is 0 Å². The van der Waals surface area contributed by atoms with E-state index in [0.29, 0.717) is 11.1 Å². The summed E-state index contributed by atoms with van der Waals surface area (Å²) in [4.78, 5) is 9.05. The Labute approximate surface area is 108 Å². The molecule has 1 aliphatic carbocycles. The molecule has 0 bridgehead atoms. The summed E-state index contributed by atoms with van der Waals surface area (Å²) in [6, 6.07) is 15.5. The third-order valence-electron chi connectivity index (χ3n) is 3.27. The van der Waals surface area contributed by atoms with Gasteiger partial charge in [-0.2, -0.15) is 0 Å². The van der Waals surface area contributed by atoms with Gasteiger partial charge in [0, 0.05) is 11.8 Å². The summed E-state index contributed by atoms with van der Waals surface area (Å²) in [6.45, 7) is 0. The predicted octanol–water partition coefficient (Wildman–Crippen LogP) is 2.47. The van der Waals surface area contributed by atoms with E-state index in [9.17, 15) is 0 Å². The molecule has 0 fully saturated rings. The first-order chi connectivity index (χ1) is 9.34. The molecule has 4 rings (SSSR count). The molecule has 0 saturated carbocycles. The van der Waals surface area contributed by atoms with Crippen LogP contribution in [0.4, 0.5) is 0 Å². The Morgan fingerprint density at radius 1 is 0.895 bits per heavy atom. The fourth-order valence-electron chi connectivity index (χ4n) is 2.39. The van der Waals surface area contributed by atoms with Crippen LogP contribution in [0.25, 0.3) is 27.9 Å². The van der Waals surface area contributed by atoms with Crippen molar-refractivity contribution < 1.29 is 0 Å². The number of nitrogens with zero attached hydrogens (tertiary/aromatic N) is 3. The summed E-state index contributed by atoms with van der Waals surface area (Å²) in [5, 5.41) is 9.18. The monoisotopic (exact) mass is 246 g/mol. The van der Waals surface area contributed by atoms with Crippen molar-refractivity contribution >= 4 is 16.7 Å². The summed E-state index contributed by atoms with van der Waals surface area (Å²) in [7, 11) is 0.